The first kappa shape index (κ1) is 21.0. The molecule has 0 atom stereocenters. The number of carbonyl (C=O) groups excluding carboxylic acids is 1. The van der Waals surface area contributed by atoms with Crippen LogP contribution in [0, 0.1) is 0 Å². The predicted molar refractivity (Wildman–Crippen MR) is 114 cm³/mol. The molecule has 0 aliphatic heterocycles. The van der Waals surface area contributed by atoms with Gasteiger partial charge in [-0.25, -0.2) is 0 Å². The molecule has 0 fully saturated rings. The van der Waals surface area contributed by atoms with Crippen molar-refractivity contribution < 1.29 is 14.3 Å². The summed E-state index contributed by atoms with van der Waals surface area (Å²) in [6.45, 7) is 12.5. The number of ether oxygens (including phenoxy) is 2. The average Bonchev–Trinajstić information content (AvgIpc) is 2.59. The van der Waals surface area contributed by atoms with Crippen LogP contribution in [-0.2, 0) is 10.2 Å². The smallest absolute Gasteiger partial charge is 0.262 e. The van der Waals surface area contributed by atoms with Gasteiger partial charge in [0.15, 0.2) is 6.61 Å². The summed E-state index contributed by atoms with van der Waals surface area (Å²) in [4.78, 5) is 12.3. The van der Waals surface area contributed by atoms with Crippen LogP contribution >= 0.6 is 15.9 Å². The van der Waals surface area contributed by atoms with Crippen molar-refractivity contribution in [2.45, 2.75) is 33.1 Å². The van der Waals surface area contributed by atoms with Gasteiger partial charge in [0.2, 0.25) is 0 Å². The fourth-order valence-electron chi connectivity index (χ4n) is 2.31. The van der Waals surface area contributed by atoms with Crippen LogP contribution in [0.5, 0.6) is 11.5 Å². The number of anilines is 1. The molecule has 0 heterocycles. The number of hydrogen-bond donors (Lipinski definition) is 1. The van der Waals surface area contributed by atoms with Crippen LogP contribution in [0.4, 0.5) is 5.69 Å². The van der Waals surface area contributed by atoms with Gasteiger partial charge in [-0.05, 0) is 63.7 Å². The van der Waals surface area contributed by atoms with E-state index < -0.39 is 0 Å². The summed E-state index contributed by atoms with van der Waals surface area (Å²) in [7, 11) is 0. The van der Waals surface area contributed by atoms with E-state index in [1.54, 1.807) is 12.1 Å². The second kappa shape index (κ2) is 9.09. The van der Waals surface area contributed by atoms with Crippen LogP contribution in [-0.4, -0.2) is 19.1 Å². The Morgan fingerprint density at radius 3 is 2.37 bits per heavy atom. The van der Waals surface area contributed by atoms with Crippen molar-refractivity contribution in [2.24, 2.45) is 0 Å². The molecular weight excluding hydrogens is 406 g/mol. The van der Waals surface area contributed by atoms with Crippen LogP contribution in [0.1, 0.15) is 33.3 Å². The topological polar surface area (TPSA) is 47.6 Å². The zero-order chi connectivity index (χ0) is 20.0. The molecule has 0 saturated carbocycles. The van der Waals surface area contributed by atoms with Gasteiger partial charge in [-0.15, -0.1) is 0 Å². The predicted octanol–water partition coefficient (Wildman–Crippen LogP) is 5.72. The van der Waals surface area contributed by atoms with Crippen molar-refractivity contribution in [3.63, 3.8) is 0 Å². The Kier molecular flexibility index (Phi) is 7.08. The molecule has 27 heavy (non-hydrogen) atoms. The van der Waals surface area contributed by atoms with Gasteiger partial charge in [0.1, 0.15) is 18.1 Å². The van der Waals surface area contributed by atoms with Gasteiger partial charge >= 0.3 is 0 Å². The van der Waals surface area contributed by atoms with E-state index in [4.69, 9.17) is 9.47 Å². The second-order valence-corrected chi connectivity index (χ2v) is 8.33. The molecule has 0 aromatic heterocycles. The quantitative estimate of drug-likeness (QED) is 0.570. The summed E-state index contributed by atoms with van der Waals surface area (Å²) < 4.78 is 12.2. The highest BCUT2D eigenvalue weighted by atomic mass is 79.9. The van der Waals surface area contributed by atoms with Crippen molar-refractivity contribution in [3.05, 3.63) is 64.7 Å². The molecule has 1 N–H and O–H groups in total. The maximum absolute atomic E-state index is 12.3. The molecule has 4 nitrogen and oxygen atoms in total. The lowest BCUT2D eigenvalue weighted by Gasteiger charge is -2.20. The summed E-state index contributed by atoms with van der Waals surface area (Å²) in [6, 6.07) is 13.2. The Morgan fingerprint density at radius 2 is 1.74 bits per heavy atom. The van der Waals surface area contributed by atoms with Crippen molar-refractivity contribution in [2.75, 3.05) is 18.5 Å². The number of para-hydroxylation sites is 2. The van der Waals surface area contributed by atoms with Crippen LogP contribution in [0.3, 0.4) is 0 Å². The third-order valence-corrected chi connectivity index (χ3v) is 4.41. The van der Waals surface area contributed by atoms with Crippen molar-refractivity contribution in [1.29, 1.82) is 0 Å². The summed E-state index contributed by atoms with van der Waals surface area (Å²) in [5.74, 6) is 0.975. The van der Waals surface area contributed by atoms with E-state index in [0.29, 0.717) is 23.8 Å². The number of rotatable bonds is 7. The van der Waals surface area contributed by atoms with Crippen LogP contribution in [0.15, 0.2) is 59.1 Å². The van der Waals surface area contributed by atoms with Gasteiger partial charge < -0.3 is 14.8 Å². The molecule has 2 aromatic carbocycles. The lowest BCUT2D eigenvalue weighted by molar-refractivity contribution is -0.118. The first-order chi connectivity index (χ1) is 12.7. The highest BCUT2D eigenvalue weighted by Crippen LogP contribution is 2.31. The zero-order valence-electron chi connectivity index (χ0n) is 16.3. The molecule has 0 spiro atoms. The van der Waals surface area contributed by atoms with E-state index in [2.05, 4.69) is 48.6 Å². The van der Waals surface area contributed by atoms with Crippen LogP contribution < -0.4 is 14.8 Å². The molecule has 0 aliphatic rings. The van der Waals surface area contributed by atoms with Gasteiger partial charge in [0.25, 0.3) is 5.91 Å². The standard InChI is InChI=1S/C22H26BrNO3/c1-15(2)13-26-20-9-7-6-8-18(20)24-21(25)14-27-19-11-10-16(12-17(19)23)22(3,4)5/h6-12H,1,13-14H2,2-5H3,(H,24,25). The highest BCUT2D eigenvalue weighted by molar-refractivity contribution is 9.10. The lowest BCUT2D eigenvalue weighted by atomic mass is 9.87. The SMILES string of the molecule is C=C(C)COc1ccccc1NC(=O)COc1ccc(C(C)(C)C)cc1Br. The van der Waals surface area contributed by atoms with Gasteiger partial charge in [0, 0.05) is 0 Å². The minimum absolute atomic E-state index is 0.0475. The van der Waals surface area contributed by atoms with E-state index in [-0.39, 0.29) is 17.9 Å². The molecule has 0 unspecified atom stereocenters. The summed E-state index contributed by atoms with van der Waals surface area (Å²) in [6.07, 6.45) is 0. The minimum Gasteiger partial charge on any atom is -0.487 e. The van der Waals surface area contributed by atoms with Gasteiger partial charge in [-0.3, -0.25) is 4.79 Å². The van der Waals surface area contributed by atoms with E-state index in [1.165, 1.54) is 5.56 Å². The van der Waals surface area contributed by atoms with E-state index in [9.17, 15) is 4.79 Å². The number of carbonyl (C=O) groups is 1. The molecular formula is C22H26BrNO3. The van der Waals surface area contributed by atoms with Gasteiger partial charge in [-0.2, -0.15) is 0 Å². The molecule has 0 aliphatic carbocycles. The Balaban J connectivity index is 1.98. The first-order valence-electron chi connectivity index (χ1n) is 8.75. The monoisotopic (exact) mass is 431 g/mol. The third kappa shape index (κ3) is 6.43. The largest absolute Gasteiger partial charge is 0.487 e. The Labute approximate surface area is 169 Å². The zero-order valence-corrected chi connectivity index (χ0v) is 17.9. The Bertz CT molecular complexity index is 825. The van der Waals surface area contributed by atoms with Crippen LogP contribution in [0.2, 0.25) is 0 Å². The van der Waals surface area contributed by atoms with Crippen molar-refractivity contribution in [3.8, 4) is 11.5 Å². The molecule has 5 heteroatoms. The number of halogens is 1. The molecule has 144 valence electrons. The minimum atomic E-state index is -0.256. The van der Waals surface area contributed by atoms with Gasteiger partial charge in [-0.1, -0.05) is 45.5 Å². The van der Waals surface area contributed by atoms with E-state index in [1.807, 2.05) is 37.3 Å². The lowest BCUT2D eigenvalue weighted by Crippen LogP contribution is -2.21. The normalized spacial score (nSPS) is 11.0. The number of benzene rings is 2. The number of nitrogens with one attached hydrogen (secondary N) is 1. The maximum Gasteiger partial charge on any atom is 0.262 e. The van der Waals surface area contributed by atoms with Crippen molar-refractivity contribution in [1.82, 2.24) is 0 Å². The Morgan fingerprint density at radius 1 is 1.07 bits per heavy atom. The van der Waals surface area contributed by atoms with E-state index in [0.717, 1.165) is 10.0 Å². The van der Waals surface area contributed by atoms with Crippen molar-refractivity contribution >= 4 is 27.5 Å². The Hall–Kier alpha value is -2.27. The molecule has 2 rings (SSSR count). The number of amides is 1. The number of hydrogen-bond acceptors (Lipinski definition) is 3. The molecule has 1 amide bonds. The summed E-state index contributed by atoms with van der Waals surface area (Å²) >= 11 is 3.52. The van der Waals surface area contributed by atoms with E-state index >= 15 is 0 Å². The molecule has 0 radical (unpaired) electrons. The first-order valence-corrected chi connectivity index (χ1v) is 9.55. The fourth-order valence-corrected chi connectivity index (χ4v) is 2.80. The van der Waals surface area contributed by atoms with Crippen LogP contribution in [0.25, 0.3) is 0 Å². The molecule has 0 bridgehead atoms. The summed E-state index contributed by atoms with van der Waals surface area (Å²) in [5, 5.41) is 2.83. The molecule has 2 aromatic rings. The molecule has 0 saturated heterocycles. The second-order valence-electron chi connectivity index (χ2n) is 7.47. The average molecular weight is 432 g/mol. The summed E-state index contributed by atoms with van der Waals surface area (Å²) in [5.41, 5.74) is 2.75. The highest BCUT2D eigenvalue weighted by Gasteiger charge is 2.16. The fraction of sp³-hybridized carbons (Fsp3) is 0.318. The third-order valence-electron chi connectivity index (χ3n) is 3.79. The maximum atomic E-state index is 12.3. The van der Waals surface area contributed by atoms with Gasteiger partial charge in [0.05, 0.1) is 10.2 Å².